The maximum atomic E-state index is 11.2. The van der Waals surface area contributed by atoms with Crippen molar-refractivity contribution in [1.82, 2.24) is 5.32 Å². The summed E-state index contributed by atoms with van der Waals surface area (Å²) in [6.45, 7) is 3.94. The molecular weight excluding hydrogens is 226 g/mol. The van der Waals surface area contributed by atoms with E-state index >= 15 is 0 Å². The van der Waals surface area contributed by atoms with Crippen molar-refractivity contribution in [3.8, 4) is 0 Å². The molecule has 0 saturated heterocycles. The number of halogens is 1. The van der Waals surface area contributed by atoms with Crippen LogP contribution < -0.4 is 5.32 Å². The summed E-state index contributed by atoms with van der Waals surface area (Å²) in [4.78, 5) is 11.2. The van der Waals surface area contributed by atoms with Crippen LogP contribution in [0, 0.1) is 0 Å². The van der Waals surface area contributed by atoms with Crippen molar-refractivity contribution < 1.29 is 9.53 Å². The number of hydrogen-bond acceptors (Lipinski definition) is 3. The molecule has 0 amide bonds. The first kappa shape index (κ1) is 14.9. The van der Waals surface area contributed by atoms with Gasteiger partial charge in [0.25, 0.3) is 0 Å². The number of rotatable bonds is 6. The third-order valence-electron chi connectivity index (χ3n) is 2.00. The van der Waals surface area contributed by atoms with Gasteiger partial charge in [-0.1, -0.05) is 37.3 Å². The molecule has 1 aromatic carbocycles. The fraction of sp³-hybridized carbons (Fsp3) is 0.417. The van der Waals surface area contributed by atoms with Crippen molar-refractivity contribution in [3.05, 3.63) is 35.9 Å². The fourth-order valence-corrected chi connectivity index (χ4v) is 1.18. The number of carbonyl (C=O) groups is 1. The highest BCUT2D eigenvalue weighted by Crippen LogP contribution is 2.01. The van der Waals surface area contributed by atoms with Crippen molar-refractivity contribution in [3.63, 3.8) is 0 Å². The van der Waals surface area contributed by atoms with E-state index in [1.165, 1.54) is 0 Å². The zero-order chi connectivity index (χ0) is 10.9. The van der Waals surface area contributed by atoms with Crippen LogP contribution in [0.1, 0.15) is 18.9 Å². The molecule has 1 aromatic rings. The molecule has 0 saturated carbocycles. The van der Waals surface area contributed by atoms with Gasteiger partial charge in [0.2, 0.25) is 0 Å². The van der Waals surface area contributed by atoms with Crippen LogP contribution in [0.2, 0.25) is 0 Å². The van der Waals surface area contributed by atoms with Gasteiger partial charge in [0.15, 0.2) is 0 Å². The van der Waals surface area contributed by atoms with E-state index in [4.69, 9.17) is 4.74 Å². The smallest absolute Gasteiger partial charge is 0.307 e. The standard InChI is InChI=1S/C12H17NO2.ClH/c1-2-13-9-8-12(14)15-10-11-6-4-3-5-7-11;/h3-7,13H,2,8-10H2,1H3;1H. The third kappa shape index (κ3) is 6.43. The Balaban J connectivity index is 0.00000225. The summed E-state index contributed by atoms with van der Waals surface area (Å²) in [5, 5.41) is 3.08. The lowest BCUT2D eigenvalue weighted by molar-refractivity contribution is -0.144. The molecule has 0 fully saturated rings. The molecule has 0 spiro atoms. The van der Waals surface area contributed by atoms with E-state index in [1.807, 2.05) is 37.3 Å². The van der Waals surface area contributed by atoms with Crippen molar-refractivity contribution >= 4 is 18.4 Å². The molecular formula is C12H18ClNO2. The van der Waals surface area contributed by atoms with Gasteiger partial charge < -0.3 is 10.1 Å². The Hall–Kier alpha value is -1.06. The van der Waals surface area contributed by atoms with Crippen LogP contribution in [0.25, 0.3) is 0 Å². The molecule has 1 rings (SSSR count). The Morgan fingerprint density at radius 3 is 2.62 bits per heavy atom. The fourth-order valence-electron chi connectivity index (χ4n) is 1.18. The summed E-state index contributed by atoms with van der Waals surface area (Å²) in [7, 11) is 0. The van der Waals surface area contributed by atoms with Gasteiger partial charge in [-0.3, -0.25) is 4.79 Å². The van der Waals surface area contributed by atoms with Gasteiger partial charge in [-0.05, 0) is 12.1 Å². The van der Waals surface area contributed by atoms with E-state index in [0.717, 1.165) is 12.1 Å². The number of carbonyl (C=O) groups excluding carboxylic acids is 1. The minimum atomic E-state index is -0.153. The minimum absolute atomic E-state index is 0. The van der Waals surface area contributed by atoms with E-state index in [0.29, 0.717) is 19.6 Å². The molecule has 16 heavy (non-hydrogen) atoms. The lowest BCUT2D eigenvalue weighted by atomic mass is 10.2. The van der Waals surface area contributed by atoms with Gasteiger partial charge in [0, 0.05) is 6.54 Å². The monoisotopic (exact) mass is 243 g/mol. The Bertz CT molecular complexity index is 290. The summed E-state index contributed by atoms with van der Waals surface area (Å²) in [5.41, 5.74) is 1.02. The Morgan fingerprint density at radius 1 is 1.31 bits per heavy atom. The van der Waals surface area contributed by atoms with Gasteiger partial charge >= 0.3 is 5.97 Å². The zero-order valence-electron chi connectivity index (χ0n) is 9.44. The molecule has 0 radical (unpaired) electrons. The Morgan fingerprint density at radius 2 is 2.00 bits per heavy atom. The number of benzene rings is 1. The average molecular weight is 244 g/mol. The third-order valence-corrected chi connectivity index (χ3v) is 2.00. The molecule has 0 aliphatic heterocycles. The Labute approximate surface area is 103 Å². The SMILES string of the molecule is CCNCCC(=O)OCc1ccccc1.Cl. The first-order chi connectivity index (χ1) is 7.33. The van der Waals surface area contributed by atoms with Gasteiger partial charge in [0.1, 0.15) is 6.61 Å². The first-order valence-electron chi connectivity index (χ1n) is 5.23. The summed E-state index contributed by atoms with van der Waals surface area (Å²) >= 11 is 0. The van der Waals surface area contributed by atoms with Crippen LogP contribution in [0.5, 0.6) is 0 Å². The van der Waals surface area contributed by atoms with Gasteiger partial charge in [-0.25, -0.2) is 0 Å². The highest BCUT2D eigenvalue weighted by atomic mass is 35.5. The molecule has 0 aliphatic rings. The molecule has 3 nitrogen and oxygen atoms in total. The van der Waals surface area contributed by atoms with Gasteiger partial charge in [-0.2, -0.15) is 0 Å². The summed E-state index contributed by atoms with van der Waals surface area (Å²) in [6.07, 6.45) is 0.431. The minimum Gasteiger partial charge on any atom is -0.461 e. The van der Waals surface area contributed by atoms with Crippen LogP contribution in [0.4, 0.5) is 0 Å². The molecule has 4 heteroatoms. The second-order valence-electron chi connectivity index (χ2n) is 3.25. The number of esters is 1. The molecule has 0 heterocycles. The average Bonchev–Trinajstić information content (AvgIpc) is 2.28. The van der Waals surface area contributed by atoms with Crippen molar-refractivity contribution in [1.29, 1.82) is 0 Å². The summed E-state index contributed by atoms with van der Waals surface area (Å²) < 4.78 is 5.10. The van der Waals surface area contributed by atoms with E-state index in [9.17, 15) is 4.79 Å². The van der Waals surface area contributed by atoms with Crippen LogP contribution in [0.15, 0.2) is 30.3 Å². The van der Waals surface area contributed by atoms with Crippen LogP contribution in [-0.4, -0.2) is 19.1 Å². The van der Waals surface area contributed by atoms with Gasteiger partial charge in [0.05, 0.1) is 6.42 Å². The highest BCUT2D eigenvalue weighted by molar-refractivity contribution is 5.85. The number of ether oxygens (including phenoxy) is 1. The molecule has 1 N–H and O–H groups in total. The van der Waals surface area contributed by atoms with Crippen molar-refractivity contribution in [2.75, 3.05) is 13.1 Å². The predicted octanol–water partition coefficient (Wildman–Crippen LogP) is 2.15. The maximum Gasteiger partial charge on any atom is 0.307 e. The highest BCUT2D eigenvalue weighted by Gasteiger charge is 2.01. The largest absolute Gasteiger partial charge is 0.461 e. The first-order valence-corrected chi connectivity index (χ1v) is 5.23. The molecule has 0 bridgehead atoms. The lowest BCUT2D eigenvalue weighted by Crippen LogP contribution is -2.18. The summed E-state index contributed by atoms with van der Waals surface area (Å²) in [5.74, 6) is -0.153. The molecule has 90 valence electrons. The van der Waals surface area contributed by atoms with E-state index in [1.54, 1.807) is 0 Å². The zero-order valence-corrected chi connectivity index (χ0v) is 10.3. The normalized spacial score (nSPS) is 9.31. The van der Waals surface area contributed by atoms with Crippen LogP contribution in [0.3, 0.4) is 0 Å². The van der Waals surface area contributed by atoms with Crippen molar-refractivity contribution in [2.24, 2.45) is 0 Å². The topological polar surface area (TPSA) is 38.3 Å². The molecule has 0 aliphatic carbocycles. The second kappa shape index (κ2) is 9.19. The predicted molar refractivity (Wildman–Crippen MR) is 66.6 cm³/mol. The maximum absolute atomic E-state index is 11.2. The Kier molecular flexibility index (Phi) is 8.58. The van der Waals surface area contributed by atoms with Crippen LogP contribution in [-0.2, 0) is 16.1 Å². The van der Waals surface area contributed by atoms with Crippen molar-refractivity contribution in [2.45, 2.75) is 20.0 Å². The molecule has 0 unspecified atom stereocenters. The molecule has 0 aromatic heterocycles. The van der Waals surface area contributed by atoms with E-state index in [2.05, 4.69) is 5.32 Å². The number of hydrogen-bond donors (Lipinski definition) is 1. The van der Waals surface area contributed by atoms with E-state index < -0.39 is 0 Å². The second-order valence-corrected chi connectivity index (χ2v) is 3.25. The number of nitrogens with one attached hydrogen (secondary N) is 1. The summed E-state index contributed by atoms with van der Waals surface area (Å²) in [6, 6.07) is 9.69. The van der Waals surface area contributed by atoms with E-state index in [-0.39, 0.29) is 18.4 Å². The lowest BCUT2D eigenvalue weighted by Gasteiger charge is -2.04. The van der Waals surface area contributed by atoms with Gasteiger partial charge in [-0.15, -0.1) is 12.4 Å². The molecule has 0 atom stereocenters. The van der Waals surface area contributed by atoms with Crippen LogP contribution >= 0.6 is 12.4 Å². The quantitative estimate of drug-likeness (QED) is 0.615.